The summed E-state index contributed by atoms with van der Waals surface area (Å²) in [6.45, 7) is 3.26. The Morgan fingerprint density at radius 2 is 1.97 bits per heavy atom. The lowest BCUT2D eigenvalue weighted by molar-refractivity contribution is -0.385. The first-order chi connectivity index (χ1) is 14.3. The van der Waals surface area contributed by atoms with Crippen LogP contribution in [0.4, 0.5) is 5.69 Å². The molecule has 0 saturated heterocycles. The Labute approximate surface area is 173 Å². The van der Waals surface area contributed by atoms with Crippen molar-refractivity contribution >= 4 is 17.4 Å². The van der Waals surface area contributed by atoms with Crippen LogP contribution in [0.3, 0.4) is 0 Å². The van der Waals surface area contributed by atoms with E-state index < -0.39 is 11.0 Å². The maximum Gasteiger partial charge on any atom is 0.279 e. The van der Waals surface area contributed by atoms with Crippen molar-refractivity contribution in [1.82, 2.24) is 5.32 Å². The van der Waals surface area contributed by atoms with Crippen LogP contribution in [-0.2, 0) is 11.4 Å². The molecule has 0 aromatic heterocycles. The van der Waals surface area contributed by atoms with Crippen molar-refractivity contribution in [1.29, 1.82) is 0 Å². The summed E-state index contributed by atoms with van der Waals surface area (Å²) in [5.74, 6) is 0.311. The van der Waals surface area contributed by atoms with Crippen molar-refractivity contribution in [3.63, 3.8) is 0 Å². The van der Waals surface area contributed by atoms with Gasteiger partial charge in [-0.25, -0.2) is 4.99 Å². The first kappa shape index (κ1) is 20.8. The average Bonchev–Trinajstić information content (AvgIpc) is 2.71. The van der Waals surface area contributed by atoms with Gasteiger partial charge in [0, 0.05) is 11.3 Å². The molecule has 3 N–H and O–H groups in total. The quantitative estimate of drug-likeness (QED) is 0.530. The van der Waals surface area contributed by atoms with Crippen molar-refractivity contribution in [2.24, 2.45) is 10.7 Å². The number of nitrogens with two attached hydrogens (primary N) is 1. The fraction of sp³-hybridized carbons (Fsp3) is 0.238. The largest absolute Gasteiger partial charge is 0.493 e. The van der Waals surface area contributed by atoms with Crippen LogP contribution < -0.4 is 20.5 Å². The molecule has 0 radical (unpaired) electrons. The van der Waals surface area contributed by atoms with E-state index in [0.29, 0.717) is 17.0 Å². The predicted octanol–water partition coefficient (Wildman–Crippen LogP) is 3.00. The molecule has 2 aromatic rings. The SMILES string of the molecule is COc1cc([C@@H]2N=C(N)NC(C)=C2C(C)=O)c([N+](=O)[O-])cc1OCc1ccccc1. The Balaban J connectivity index is 2.08. The number of hydrogen-bond acceptors (Lipinski definition) is 8. The van der Waals surface area contributed by atoms with Gasteiger partial charge in [-0.3, -0.25) is 14.9 Å². The van der Waals surface area contributed by atoms with Crippen LogP contribution in [0.1, 0.15) is 31.0 Å². The highest BCUT2D eigenvalue weighted by Gasteiger charge is 2.33. The molecular formula is C21H22N4O5. The Kier molecular flexibility index (Phi) is 6.01. The maximum atomic E-state index is 12.2. The van der Waals surface area contributed by atoms with E-state index in [1.54, 1.807) is 6.92 Å². The molecule has 0 saturated carbocycles. The number of nitrogens with zero attached hydrogens (tertiary/aromatic N) is 2. The van der Waals surface area contributed by atoms with E-state index in [4.69, 9.17) is 15.2 Å². The number of Topliss-reactive ketones (excluding diaryl/α,β-unsaturated/α-hetero) is 1. The molecule has 1 aliphatic heterocycles. The standard InChI is InChI=1S/C21H22N4O5/c1-12-19(13(2)26)20(24-21(22)23-12)15-9-17(29-3)18(10-16(15)25(27)28)30-11-14-7-5-4-6-8-14/h4-10,20H,11H2,1-3H3,(H3,22,23,24)/t20-/m0/s1. The number of allylic oxidation sites excluding steroid dienone is 1. The lowest BCUT2D eigenvalue weighted by Crippen LogP contribution is -2.36. The molecule has 0 fully saturated rings. The van der Waals surface area contributed by atoms with Crippen LogP contribution in [-0.4, -0.2) is 23.8 Å². The number of carbonyl (C=O) groups excluding carboxylic acids is 1. The van der Waals surface area contributed by atoms with E-state index >= 15 is 0 Å². The van der Waals surface area contributed by atoms with Gasteiger partial charge in [0.25, 0.3) is 5.69 Å². The second-order valence-electron chi connectivity index (χ2n) is 6.73. The van der Waals surface area contributed by atoms with Gasteiger partial charge in [-0.1, -0.05) is 30.3 Å². The molecule has 0 bridgehead atoms. The van der Waals surface area contributed by atoms with Crippen LogP contribution in [0, 0.1) is 10.1 Å². The van der Waals surface area contributed by atoms with Gasteiger partial charge < -0.3 is 20.5 Å². The van der Waals surface area contributed by atoms with Crippen LogP contribution in [0.5, 0.6) is 11.5 Å². The molecule has 30 heavy (non-hydrogen) atoms. The lowest BCUT2D eigenvalue weighted by Gasteiger charge is -2.24. The molecule has 9 nitrogen and oxygen atoms in total. The number of carbonyl (C=O) groups is 1. The van der Waals surface area contributed by atoms with E-state index in [0.717, 1.165) is 5.56 Å². The van der Waals surface area contributed by atoms with Gasteiger partial charge in [0.15, 0.2) is 23.2 Å². The molecule has 1 aliphatic rings. The number of methoxy groups -OCH3 is 1. The van der Waals surface area contributed by atoms with Crippen LogP contribution in [0.15, 0.2) is 58.7 Å². The number of ether oxygens (including phenoxy) is 2. The summed E-state index contributed by atoms with van der Waals surface area (Å²) in [4.78, 5) is 27.8. The van der Waals surface area contributed by atoms with Gasteiger partial charge in [-0.2, -0.15) is 0 Å². The lowest BCUT2D eigenvalue weighted by atomic mass is 9.92. The number of nitrogens with one attached hydrogen (secondary N) is 1. The Morgan fingerprint density at radius 3 is 2.57 bits per heavy atom. The van der Waals surface area contributed by atoms with E-state index in [1.807, 2.05) is 30.3 Å². The Bertz CT molecular complexity index is 1050. The van der Waals surface area contributed by atoms with Gasteiger partial charge in [-0.05, 0) is 25.5 Å². The fourth-order valence-electron chi connectivity index (χ4n) is 3.33. The minimum atomic E-state index is -0.929. The molecule has 1 heterocycles. The molecule has 2 aromatic carbocycles. The third-order valence-corrected chi connectivity index (χ3v) is 4.68. The monoisotopic (exact) mass is 410 g/mol. The summed E-state index contributed by atoms with van der Waals surface area (Å²) >= 11 is 0. The number of benzene rings is 2. The highest BCUT2D eigenvalue weighted by molar-refractivity contribution is 5.98. The highest BCUT2D eigenvalue weighted by Crippen LogP contribution is 2.42. The minimum Gasteiger partial charge on any atom is -0.493 e. The van der Waals surface area contributed by atoms with Crippen molar-refractivity contribution in [2.45, 2.75) is 26.5 Å². The number of aliphatic imine (C=N–C) groups is 1. The van der Waals surface area contributed by atoms with Crippen molar-refractivity contribution in [2.75, 3.05) is 7.11 Å². The number of nitro groups is 1. The molecule has 0 unspecified atom stereocenters. The zero-order valence-corrected chi connectivity index (χ0v) is 16.8. The summed E-state index contributed by atoms with van der Waals surface area (Å²) in [5, 5.41) is 14.6. The summed E-state index contributed by atoms with van der Waals surface area (Å²) < 4.78 is 11.2. The summed E-state index contributed by atoms with van der Waals surface area (Å²) in [5.41, 5.74) is 7.47. The Hall–Kier alpha value is -3.88. The van der Waals surface area contributed by atoms with Crippen LogP contribution in [0.25, 0.3) is 0 Å². The minimum absolute atomic E-state index is 0.0696. The number of nitro benzene ring substituents is 1. The molecule has 0 amide bonds. The maximum absolute atomic E-state index is 12.2. The summed E-state index contributed by atoms with van der Waals surface area (Å²) in [6, 6.07) is 11.2. The molecule has 0 aliphatic carbocycles. The van der Waals surface area contributed by atoms with E-state index in [1.165, 1.54) is 26.2 Å². The third kappa shape index (κ3) is 4.24. The highest BCUT2D eigenvalue weighted by atomic mass is 16.6. The van der Waals surface area contributed by atoms with Gasteiger partial charge in [0.1, 0.15) is 12.6 Å². The van der Waals surface area contributed by atoms with Crippen molar-refractivity contribution in [3.05, 3.63) is 75.0 Å². The van der Waals surface area contributed by atoms with Crippen molar-refractivity contribution in [3.8, 4) is 11.5 Å². The van der Waals surface area contributed by atoms with Gasteiger partial charge >= 0.3 is 0 Å². The zero-order chi connectivity index (χ0) is 21.8. The average molecular weight is 410 g/mol. The Morgan fingerprint density at radius 1 is 1.27 bits per heavy atom. The third-order valence-electron chi connectivity index (χ3n) is 4.68. The first-order valence-electron chi connectivity index (χ1n) is 9.16. The smallest absolute Gasteiger partial charge is 0.279 e. The summed E-state index contributed by atoms with van der Waals surface area (Å²) in [6.07, 6.45) is 0. The molecule has 9 heteroatoms. The molecule has 3 rings (SSSR count). The number of rotatable bonds is 7. The van der Waals surface area contributed by atoms with Crippen LogP contribution in [0.2, 0.25) is 0 Å². The molecule has 156 valence electrons. The normalized spacial score (nSPS) is 15.8. The molecule has 0 spiro atoms. The second kappa shape index (κ2) is 8.64. The number of ketones is 1. The van der Waals surface area contributed by atoms with Crippen LogP contribution >= 0.6 is 0 Å². The van der Waals surface area contributed by atoms with E-state index in [2.05, 4.69) is 10.3 Å². The van der Waals surface area contributed by atoms with Gasteiger partial charge in [-0.15, -0.1) is 0 Å². The molecular weight excluding hydrogens is 388 g/mol. The second-order valence-corrected chi connectivity index (χ2v) is 6.73. The van der Waals surface area contributed by atoms with E-state index in [-0.39, 0.29) is 35.4 Å². The van der Waals surface area contributed by atoms with E-state index in [9.17, 15) is 14.9 Å². The van der Waals surface area contributed by atoms with Crippen molar-refractivity contribution < 1.29 is 19.2 Å². The zero-order valence-electron chi connectivity index (χ0n) is 16.8. The fourth-order valence-corrected chi connectivity index (χ4v) is 3.33. The number of hydrogen-bond donors (Lipinski definition) is 2. The van der Waals surface area contributed by atoms with Gasteiger partial charge in [0.05, 0.1) is 23.7 Å². The summed E-state index contributed by atoms with van der Waals surface area (Å²) in [7, 11) is 1.44. The molecule has 1 atom stereocenters. The topological polar surface area (TPSA) is 129 Å². The number of guanidine groups is 1. The first-order valence-corrected chi connectivity index (χ1v) is 9.16. The predicted molar refractivity (Wildman–Crippen MR) is 111 cm³/mol. The van der Waals surface area contributed by atoms with Gasteiger partial charge in [0.2, 0.25) is 0 Å².